The first-order valence-electron chi connectivity index (χ1n) is 5.36. The molecule has 0 aliphatic heterocycles. The second kappa shape index (κ2) is 6.40. The smallest absolute Gasteiger partial charge is 0.309 e. The van der Waals surface area contributed by atoms with E-state index in [1.54, 1.807) is 24.3 Å². The number of hydrogen-bond donors (Lipinski definition) is 1. The summed E-state index contributed by atoms with van der Waals surface area (Å²) in [6.07, 6.45) is -0.130. The number of carbonyl (C=O) groups excluding carboxylic acids is 1. The van der Waals surface area contributed by atoms with Gasteiger partial charge < -0.3 is 9.84 Å². The molecule has 1 rings (SSSR count). The highest BCUT2D eigenvalue weighted by atomic mass is 16.5. The standard InChI is InChI=1S/C13H13NO4/c1-18-13(17)11(7-12(15)16)6-9-4-2-3-5-10(9)8-14/h2-5,11H,6-7H2,1H3,(H,15,16). The molecule has 0 heterocycles. The van der Waals surface area contributed by atoms with Crippen molar-refractivity contribution in [1.29, 1.82) is 5.26 Å². The number of ether oxygens (including phenoxy) is 1. The minimum absolute atomic E-state index is 0.183. The number of nitriles is 1. The van der Waals surface area contributed by atoms with E-state index in [-0.39, 0.29) is 12.8 Å². The average Bonchev–Trinajstić information content (AvgIpc) is 2.37. The molecule has 1 unspecified atom stereocenters. The molecule has 0 aromatic heterocycles. The Morgan fingerprint density at radius 1 is 1.44 bits per heavy atom. The molecule has 1 aromatic rings. The number of aliphatic carboxylic acids is 1. The highest BCUT2D eigenvalue weighted by molar-refractivity contribution is 5.79. The normalized spacial score (nSPS) is 11.3. The van der Waals surface area contributed by atoms with Crippen LogP contribution in [-0.2, 0) is 20.7 Å². The molecule has 0 saturated heterocycles. The molecule has 0 aliphatic rings. The summed E-state index contributed by atoms with van der Waals surface area (Å²) in [5.74, 6) is -2.42. The predicted molar refractivity (Wildman–Crippen MR) is 62.6 cm³/mol. The molecule has 0 aliphatic carbocycles. The van der Waals surface area contributed by atoms with Crippen molar-refractivity contribution < 1.29 is 19.4 Å². The zero-order valence-electron chi connectivity index (χ0n) is 9.92. The summed E-state index contributed by atoms with van der Waals surface area (Å²) in [4.78, 5) is 22.2. The van der Waals surface area contributed by atoms with E-state index < -0.39 is 17.9 Å². The van der Waals surface area contributed by atoms with Crippen LogP contribution in [0.2, 0.25) is 0 Å². The van der Waals surface area contributed by atoms with E-state index >= 15 is 0 Å². The van der Waals surface area contributed by atoms with Crippen LogP contribution in [0.15, 0.2) is 24.3 Å². The van der Waals surface area contributed by atoms with Crippen LogP contribution >= 0.6 is 0 Å². The molecule has 0 spiro atoms. The molecular formula is C13H13NO4. The van der Waals surface area contributed by atoms with Gasteiger partial charge in [0.2, 0.25) is 0 Å². The molecule has 0 bridgehead atoms. The van der Waals surface area contributed by atoms with E-state index in [1.165, 1.54) is 7.11 Å². The Morgan fingerprint density at radius 3 is 2.67 bits per heavy atom. The van der Waals surface area contributed by atoms with Gasteiger partial charge in [-0.1, -0.05) is 18.2 Å². The Hall–Kier alpha value is -2.35. The lowest BCUT2D eigenvalue weighted by Gasteiger charge is -2.13. The monoisotopic (exact) mass is 247 g/mol. The minimum Gasteiger partial charge on any atom is -0.481 e. The molecule has 0 radical (unpaired) electrons. The Balaban J connectivity index is 2.92. The highest BCUT2D eigenvalue weighted by Crippen LogP contribution is 2.17. The van der Waals surface area contributed by atoms with Gasteiger partial charge in [0.15, 0.2) is 0 Å². The van der Waals surface area contributed by atoms with Crippen molar-refractivity contribution >= 4 is 11.9 Å². The number of esters is 1. The molecule has 1 atom stereocenters. The number of benzene rings is 1. The fourth-order valence-corrected chi connectivity index (χ4v) is 1.69. The lowest BCUT2D eigenvalue weighted by Crippen LogP contribution is -2.22. The number of nitrogens with zero attached hydrogens (tertiary/aromatic N) is 1. The molecular weight excluding hydrogens is 234 g/mol. The van der Waals surface area contributed by atoms with Crippen molar-refractivity contribution in [2.24, 2.45) is 5.92 Å². The lowest BCUT2D eigenvalue weighted by atomic mass is 9.93. The van der Waals surface area contributed by atoms with Gasteiger partial charge >= 0.3 is 11.9 Å². The lowest BCUT2D eigenvalue weighted by molar-refractivity contribution is -0.150. The largest absolute Gasteiger partial charge is 0.481 e. The van der Waals surface area contributed by atoms with E-state index in [0.29, 0.717) is 11.1 Å². The van der Waals surface area contributed by atoms with Crippen LogP contribution in [0.4, 0.5) is 0 Å². The van der Waals surface area contributed by atoms with E-state index in [1.807, 2.05) is 6.07 Å². The van der Waals surface area contributed by atoms with Gasteiger partial charge in [-0.25, -0.2) is 0 Å². The summed E-state index contributed by atoms with van der Waals surface area (Å²) in [5.41, 5.74) is 1.09. The fourth-order valence-electron chi connectivity index (χ4n) is 1.69. The second-order valence-corrected chi connectivity index (χ2v) is 3.79. The summed E-state index contributed by atoms with van der Waals surface area (Å²) < 4.78 is 4.57. The SMILES string of the molecule is COC(=O)C(CC(=O)O)Cc1ccccc1C#N. The molecule has 1 aromatic carbocycles. The Bertz CT molecular complexity index is 490. The quantitative estimate of drug-likeness (QED) is 0.794. The molecule has 0 saturated carbocycles. The maximum atomic E-state index is 11.5. The molecule has 0 fully saturated rings. The third-order valence-electron chi connectivity index (χ3n) is 2.56. The van der Waals surface area contributed by atoms with Crippen molar-refractivity contribution in [2.75, 3.05) is 7.11 Å². The van der Waals surface area contributed by atoms with Crippen LogP contribution in [0.5, 0.6) is 0 Å². The third-order valence-corrected chi connectivity index (χ3v) is 2.56. The molecule has 5 heteroatoms. The van der Waals surface area contributed by atoms with E-state index in [0.717, 1.165) is 0 Å². The van der Waals surface area contributed by atoms with Gasteiger partial charge in [-0.3, -0.25) is 9.59 Å². The molecule has 1 N–H and O–H groups in total. The van der Waals surface area contributed by atoms with E-state index in [4.69, 9.17) is 10.4 Å². The molecule has 5 nitrogen and oxygen atoms in total. The Labute approximate surface area is 105 Å². The van der Waals surface area contributed by atoms with Crippen LogP contribution < -0.4 is 0 Å². The summed E-state index contributed by atoms with van der Waals surface area (Å²) in [5, 5.41) is 17.7. The van der Waals surface area contributed by atoms with Crippen LogP contribution in [0.1, 0.15) is 17.5 Å². The molecule has 0 amide bonds. The summed E-state index contributed by atoms with van der Waals surface area (Å²) in [6.45, 7) is 0. The number of rotatable bonds is 5. The molecule has 94 valence electrons. The number of hydrogen-bond acceptors (Lipinski definition) is 4. The van der Waals surface area contributed by atoms with Crippen molar-refractivity contribution in [3.8, 4) is 6.07 Å². The van der Waals surface area contributed by atoms with Gasteiger partial charge in [0, 0.05) is 0 Å². The number of carboxylic acids is 1. The Morgan fingerprint density at radius 2 is 2.11 bits per heavy atom. The minimum atomic E-state index is -1.07. The van der Waals surface area contributed by atoms with Crippen molar-refractivity contribution in [1.82, 2.24) is 0 Å². The number of carbonyl (C=O) groups is 2. The van der Waals surface area contributed by atoms with Gasteiger partial charge in [-0.05, 0) is 18.1 Å². The summed E-state index contributed by atoms with van der Waals surface area (Å²) in [7, 11) is 1.22. The summed E-state index contributed by atoms with van der Waals surface area (Å²) >= 11 is 0. The average molecular weight is 247 g/mol. The first-order chi connectivity index (χ1) is 8.58. The van der Waals surface area contributed by atoms with Gasteiger partial charge in [0.05, 0.1) is 31.1 Å². The third kappa shape index (κ3) is 3.59. The second-order valence-electron chi connectivity index (χ2n) is 3.79. The van der Waals surface area contributed by atoms with Gasteiger partial charge in [0.1, 0.15) is 0 Å². The van der Waals surface area contributed by atoms with Crippen LogP contribution in [0.3, 0.4) is 0 Å². The predicted octanol–water partition coefficient (Wildman–Crippen LogP) is 1.36. The first kappa shape index (κ1) is 13.7. The Kier molecular flexibility index (Phi) is 4.88. The van der Waals surface area contributed by atoms with E-state index in [2.05, 4.69) is 4.74 Å². The molecule has 18 heavy (non-hydrogen) atoms. The van der Waals surface area contributed by atoms with Gasteiger partial charge in [0.25, 0.3) is 0 Å². The zero-order chi connectivity index (χ0) is 13.5. The number of methoxy groups -OCH3 is 1. The maximum Gasteiger partial charge on any atom is 0.309 e. The van der Waals surface area contributed by atoms with Crippen LogP contribution in [-0.4, -0.2) is 24.2 Å². The van der Waals surface area contributed by atoms with Gasteiger partial charge in [-0.2, -0.15) is 5.26 Å². The van der Waals surface area contributed by atoms with Crippen molar-refractivity contribution in [3.05, 3.63) is 35.4 Å². The fraction of sp³-hybridized carbons (Fsp3) is 0.308. The maximum absolute atomic E-state index is 11.5. The zero-order valence-corrected chi connectivity index (χ0v) is 9.92. The topological polar surface area (TPSA) is 87.4 Å². The first-order valence-corrected chi connectivity index (χ1v) is 5.36. The summed E-state index contributed by atoms with van der Waals surface area (Å²) in [6, 6.07) is 8.80. The van der Waals surface area contributed by atoms with Crippen LogP contribution in [0, 0.1) is 17.2 Å². The van der Waals surface area contributed by atoms with Crippen LogP contribution in [0.25, 0.3) is 0 Å². The highest BCUT2D eigenvalue weighted by Gasteiger charge is 2.23. The van der Waals surface area contributed by atoms with Gasteiger partial charge in [-0.15, -0.1) is 0 Å². The number of carboxylic acid groups (broad SMARTS) is 1. The van der Waals surface area contributed by atoms with Crippen molar-refractivity contribution in [2.45, 2.75) is 12.8 Å². The van der Waals surface area contributed by atoms with E-state index in [9.17, 15) is 9.59 Å². The van der Waals surface area contributed by atoms with Crippen molar-refractivity contribution in [3.63, 3.8) is 0 Å².